The molecule has 3 rings (SSSR count). The molecule has 0 unspecified atom stereocenters. The van der Waals surface area contributed by atoms with Crippen molar-refractivity contribution in [1.29, 1.82) is 0 Å². The van der Waals surface area contributed by atoms with Gasteiger partial charge in [-0.1, -0.05) is 18.2 Å². The number of ether oxygens (including phenoxy) is 2. The van der Waals surface area contributed by atoms with E-state index in [0.717, 1.165) is 49.8 Å². The Morgan fingerprint density at radius 3 is 3.17 bits per heavy atom. The number of hydrogen-bond acceptors (Lipinski definition) is 6. The summed E-state index contributed by atoms with van der Waals surface area (Å²) in [4.78, 5) is 6.55. The summed E-state index contributed by atoms with van der Waals surface area (Å²) in [6.07, 6.45) is 0.261. The van der Waals surface area contributed by atoms with Crippen molar-refractivity contribution < 1.29 is 9.47 Å². The predicted molar refractivity (Wildman–Crippen MR) is 91.8 cm³/mol. The summed E-state index contributed by atoms with van der Waals surface area (Å²) in [5.74, 6) is 0.912. The highest BCUT2D eigenvalue weighted by Gasteiger charge is 2.17. The second-order valence-corrected chi connectivity index (χ2v) is 6.48. The fourth-order valence-corrected chi connectivity index (χ4v) is 3.15. The summed E-state index contributed by atoms with van der Waals surface area (Å²) in [5.41, 5.74) is 3.95. The maximum atomic E-state index is 5.91. The van der Waals surface area contributed by atoms with Crippen LogP contribution in [0.5, 0.6) is 5.75 Å². The van der Waals surface area contributed by atoms with Gasteiger partial charge in [0.1, 0.15) is 12.4 Å². The third-order valence-corrected chi connectivity index (χ3v) is 4.50. The van der Waals surface area contributed by atoms with Crippen molar-refractivity contribution >= 4 is 11.3 Å². The molecule has 0 amide bonds. The normalized spacial score (nSPS) is 18.9. The van der Waals surface area contributed by atoms with E-state index in [1.165, 1.54) is 0 Å². The third-order valence-electron chi connectivity index (χ3n) is 3.86. The third kappa shape index (κ3) is 5.00. The maximum absolute atomic E-state index is 5.91. The topological polar surface area (TPSA) is 46.6 Å². The van der Waals surface area contributed by atoms with Crippen LogP contribution in [0, 0.1) is 0 Å². The van der Waals surface area contributed by atoms with E-state index < -0.39 is 0 Å². The smallest absolute Gasteiger partial charge is 0.131 e. The van der Waals surface area contributed by atoms with E-state index in [1.54, 1.807) is 11.3 Å². The lowest BCUT2D eigenvalue weighted by Crippen LogP contribution is -2.44. The van der Waals surface area contributed by atoms with E-state index in [0.29, 0.717) is 6.61 Å². The van der Waals surface area contributed by atoms with Crippen molar-refractivity contribution in [1.82, 2.24) is 15.2 Å². The first-order valence-corrected chi connectivity index (χ1v) is 8.84. The van der Waals surface area contributed by atoms with Gasteiger partial charge in [0.05, 0.1) is 23.9 Å². The summed E-state index contributed by atoms with van der Waals surface area (Å²) in [6, 6.07) is 8.14. The molecule has 1 aliphatic rings. The van der Waals surface area contributed by atoms with E-state index >= 15 is 0 Å². The van der Waals surface area contributed by atoms with Crippen LogP contribution in [0.4, 0.5) is 0 Å². The molecule has 0 saturated carbocycles. The van der Waals surface area contributed by atoms with Crippen molar-refractivity contribution in [3.8, 4) is 5.75 Å². The van der Waals surface area contributed by atoms with Crippen LogP contribution < -0.4 is 10.1 Å². The summed E-state index contributed by atoms with van der Waals surface area (Å²) in [7, 11) is 2.14. The number of benzene rings is 1. The molecule has 0 aliphatic carbocycles. The van der Waals surface area contributed by atoms with Gasteiger partial charge in [-0.25, -0.2) is 4.98 Å². The summed E-state index contributed by atoms with van der Waals surface area (Å²) >= 11 is 1.59. The van der Waals surface area contributed by atoms with Crippen molar-refractivity contribution in [3.63, 3.8) is 0 Å². The molecule has 1 saturated heterocycles. The van der Waals surface area contributed by atoms with Gasteiger partial charge in [-0.05, 0) is 13.1 Å². The van der Waals surface area contributed by atoms with Crippen molar-refractivity contribution in [2.24, 2.45) is 0 Å². The molecule has 2 aromatic rings. The van der Waals surface area contributed by atoms with Crippen LogP contribution >= 0.6 is 11.3 Å². The molecule has 1 aromatic carbocycles. The number of thiazole rings is 1. The number of rotatable bonds is 7. The van der Waals surface area contributed by atoms with Crippen LogP contribution in [0.15, 0.2) is 35.2 Å². The highest BCUT2D eigenvalue weighted by Crippen LogP contribution is 2.19. The maximum Gasteiger partial charge on any atom is 0.131 e. The average Bonchev–Trinajstić information content (AvgIpc) is 3.07. The molecular weight excluding hydrogens is 310 g/mol. The highest BCUT2D eigenvalue weighted by molar-refractivity contribution is 7.07. The molecule has 0 spiro atoms. The molecule has 124 valence electrons. The molecule has 1 aliphatic heterocycles. The Labute approximate surface area is 141 Å². The first-order valence-electron chi connectivity index (χ1n) is 7.90. The lowest BCUT2D eigenvalue weighted by molar-refractivity contribution is -0.0182. The molecule has 0 radical (unpaired) electrons. The highest BCUT2D eigenvalue weighted by atomic mass is 32.1. The Morgan fingerprint density at radius 2 is 2.35 bits per heavy atom. The molecular formula is C17H23N3O2S. The minimum atomic E-state index is 0.261. The number of aromatic nitrogens is 1. The SMILES string of the molecule is CN1CCO[C@@H](CNCc2ccccc2OCc2cscn2)C1. The quantitative estimate of drug-likeness (QED) is 0.841. The summed E-state index contributed by atoms with van der Waals surface area (Å²) < 4.78 is 11.7. The fourth-order valence-electron chi connectivity index (χ4n) is 2.61. The van der Waals surface area contributed by atoms with Crippen LogP contribution in [0.25, 0.3) is 0 Å². The number of nitrogens with one attached hydrogen (secondary N) is 1. The van der Waals surface area contributed by atoms with E-state index in [2.05, 4.69) is 28.3 Å². The van der Waals surface area contributed by atoms with Crippen molar-refractivity contribution in [2.75, 3.05) is 33.3 Å². The van der Waals surface area contributed by atoms with Crippen LogP contribution in [-0.2, 0) is 17.9 Å². The second-order valence-electron chi connectivity index (χ2n) is 5.76. The number of likely N-dealkylation sites (N-methyl/N-ethyl adjacent to an activating group) is 1. The van der Waals surface area contributed by atoms with Crippen molar-refractivity contribution in [3.05, 3.63) is 46.4 Å². The molecule has 0 bridgehead atoms. The van der Waals surface area contributed by atoms with E-state index in [9.17, 15) is 0 Å². The lowest BCUT2D eigenvalue weighted by Gasteiger charge is -2.30. The fraction of sp³-hybridized carbons (Fsp3) is 0.471. The van der Waals surface area contributed by atoms with Crippen LogP contribution in [-0.4, -0.2) is 49.3 Å². The van der Waals surface area contributed by atoms with Gasteiger partial charge in [0.2, 0.25) is 0 Å². The predicted octanol–water partition coefficient (Wildman–Crippen LogP) is 2.14. The Hall–Kier alpha value is -1.47. The molecule has 2 heterocycles. The average molecular weight is 333 g/mol. The van der Waals surface area contributed by atoms with Gasteiger partial charge in [-0.15, -0.1) is 11.3 Å². The van der Waals surface area contributed by atoms with Crippen LogP contribution in [0.1, 0.15) is 11.3 Å². The van der Waals surface area contributed by atoms with Gasteiger partial charge < -0.3 is 19.7 Å². The molecule has 1 atom stereocenters. The van der Waals surface area contributed by atoms with Gasteiger partial charge >= 0.3 is 0 Å². The largest absolute Gasteiger partial charge is 0.487 e. The monoisotopic (exact) mass is 333 g/mol. The number of morpholine rings is 1. The Bertz CT molecular complexity index is 591. The molecule has 1 N–H and O–H groups in total. The molecule has 6 heteroatoms. The van der Waals surface area contributed by atoms with Crippen LogP contribution in [0.3, 0.4) is 0 Å². The molecule has 5 nitrogen and oxygen atoms in total. The Morgan fingerprint density at radius 1 is 1.43 bits per heavy atom. The zero-order valence-electron chi connectivity index (χ0n) is 13.4. The van der Waals surface area contributed by atoms with Gasteiger partial charge in [0.25, 0.3) is 0 Å². The summed E-state index contributed by atoms with van der Waals surface area (Å²) in [6.45, 7) is 4.95. The molecule has 1 aromatic heterocycles. The number of hydrogen-bond donors (Lipinski definition) is 1. The van der Waals surface area contributed by atoms with Crippen molar-refractivity contribution in [2.45, 2.75) is 19.3 Å². The molecule has 1 fully saturated rings. The minimum absolute atomic E-state index is 0.261. The summed E-state index contributed by atoms with van der Waals surface area (Å²) in [5, 5.41) is 5.49. The standard InChI is InChI=1S/C17H23N3O2S/c1-20-6-7-21-16(10-20)9-18-8-14-4-2-3-5-17(14)22-11-15-12-23-13-19-15/h2-5,12-13,16,18H,6-11H2,1H3/t16-/m0/s1. The second kappa shape index (κ2) is 8.40. The van der Waals surface area contributed by atoms with E-state index in [4.69, 9.17) is 9.47 Å². The van der Waals surface area contributed by atoms with Crippen LogP contribution in [0.2, 0.25) is 0 Å². The zero-order chi connectivity index (χ0) is 15.9. The first-order chi connectivity index (χ1) is 11.3. The zero-order valence-corrected chi connectivity index (χ0v) is 14.2. The van der Waals surface area contributed by atoms with E-state index in [-0.39, 0.29) is 6.10 Å². The minimum Gasteiger partial charge on any atom is -0.487 e. The Balaban J connectivity index is 1.49. The number of nitrogens with zero attached hydrogens (tertiary/aromatic N) is 2. The van der Waals surface area contributed by atoms with Gasteiger partial charge in [0, 0.05) is 37.1 Å². The first kappa shape index (κ1) is 16.4. The number of para-hydroxylation sites is 1. The lowest BCUT2D eigenvalue weighted by atomic mass is 10.2. The van der Waals surface area contributed by atoms with Gasteiger partial charge in [0.15, 0.2) is 0 Å². The van der Waals surface area contributed by atoms with Gasteiger partial charge in [-0.3, -0.25) is 0 Å². The molecule has 23 heavy (non-hydrogen) atoms. The van der Waals surface area contributed by atoms with Gasteiger partial charge in [-0.2, -0.15) is 0 Å². The van der Waals surface area contributed by atoms with E-state index in [1.807, 2.05) is 29.1 Å². The Kier molecular flexibility index (Phi) is 5.99.